The predicted molar refractivity (Wildman–Crippen MR) is 67.2 cm³/mol. The summed E-state index contributed by atoms with van der Waals surface area (Å²) in [5, 5.41) is 23.6. The molecular formula is C10H5Cl2N3O4. The molecule has 0 aliphatic heterocycles. The van der Waals surface area contributed by atoms with E-state index in [1.165, 1.54) is 18.3 Å². The van der Waals surface area contributed by atoms with E-state index in [2.05, 4.69) is 5.10 Å². The van der Waals surface area contributed by atoms with Crippen LogP contribution in [-0.2, 0) is 0 Å². The molecule has 0 unspecified atom stereocenters. The molecule has 7 nitrogen and oxygen atoms in total. The highest BCUT2D eigenvalue weighted by molar-refractivity contribution is 6.42. The number of rotatable bonds is 3. The minimum absolute atomic E-state index is 0.0303. The first-order chi connectivity index (χ1) is 8.90. The van der Waals surface area contributed by atoms with Crippen molar-refractivity contribution in [2.45, 2.75) is 0 Å². The summed E-state index contributed by atoms with van der Waals surface area (Å²) in [6, 6.07) is 3.55. The van der Waals surface area contributed by atoms with Crippen LogP contribution in [0.25, 0.3) is 5.69 Å². The molecule has 1 aromatic heterocycles. The van der Waals surface area contributed by atoms with Gasteiger partial charge in [-0.25, -0.2) is 9.48 Å². The average molecular weight is 302 g/mol. The average Bonchev–Trinajstić information content (AvgIpc) is 2.81. The van der Waals surface area contributed by atoms with Gasteiger partial charge in [0.15, 0.2) is 5.69 Å². The number of nitrogens with zero attached hydrogens (tertiary/aromatic N) is 3. The first-order valence-electron chi connectivity index (χ1n) is 4.83. The zero-order valence-corrected chi connectivity index (χ0v) is 10.6. The van der Waals surface area contributed by atoms with Crippen molar-refractivity contribution < 1.29 is 14.8 Å². The molecule has 0 aliphatic rings. The molecule has 1 heterocycles. The fourth-order valence-corrected chi connectivity index (χ4v) is 1.74. The fraction of sp³-hybridized carbons (Fsp3) is 0. The van der Waals surface area contributed by atoms with Gasteiger partial charge in [-0.15, -0.1) is 0 Å². The Bertz CT molecular complexity index is 683. The van der Waals surface area contributed by atoms with Crippen LogP contribution in [0.2, 0.25) is 10.0 Å². The Labute approximate surface area is 116 Å². The number of benzene rings is 1. The lowest BCUT2D eigenvalue weighted by Gasteiger charge is -2.04. The molecule has 0 aliphatic carbocycles. The zero-order chi connectivity index (χ0) is 14.2. The Morgan fingerprint density at radius 1 is 1.37 bits per heavy atom. The molecule has 0 saturated heterocycles. The predicted octanol–water partition coefficient (Wildman–Crippen LogP) is 2.79. The number of nitro benzene ring substituents is 1. The molecule has 0 amide bonds. The van der Waals surface area contributed by atoms with Crippen LogP contribution >= 0.6 is 23.2 Å². The van der Waals surface area contributed by atoms with Gasteiger partial charge in [0.05, 0.1) is 15.0 Å². The van der Waals surface area contributed by atoms with Crippen LogP contribution < -0.4 is 0 Å². The van der Waals surface area contributed by atoms with Crippen molar-refractivity contribution in [2.75, 3.05) is 0 Å². The number of carbonyl (C=O) groups is 1. The minimum Gasteiger partial charge on any atom is -0.476 e. The normalized spacial score (nSPS) is 10.4. The Morgan fingerprint density at radius 2 is 2.00 bits per heavy atom. The lowest BCUT2D eigenvalue weighted by Crippen LogP contribution is -2.04. The second-order valence-electron chi connectivity index (χ2n) is 3.46. The van der Waals surface area contributed by atoms with Gasteiger partial charge in [-0.3, -0.25) is 10.1 Å². The van der Waals surface area contributed by atoms with Gasteiger partial charge in [-0.1, -0.05) is 23.2 Å². The molecule has 0 saturated carbocycles. The molecule has 98 valence electrons. The minimum atomic E-state index is -1.23. The first kappa shape index (κ1) is 13.3. The first-order valence-corrected chi connectivity index (χ1v) is 5.58. The third kappa shape index (κ3) is 2.51. The summed E-state index contributed by atoms with van der Waals surface area (Å²) in [5.41, 5.74) is -0.526. The summed E-state index contributed by atoms with van der Waals surface area (Å²) < 4.78 is 1.06. The van der Waals surface area contributed by atoms with Gasteiger partial charge in [-0.2, -0.15) is 5.10 Å². The molecule has 19 heavy (non-hydrogen) atoms. The van der Waals surface area contributed by atoms with Crippen molar-refractivity contribution in [3.63, 3.8) is 0 Å². The molecule has 1 N–H and O–H groups in total. The van der Waals surface area contributed by atoms with E-state index in [9.17, 15) is 14.9 Å². The quantitative estimate of drug-likeness (QED) is 0.694. The van der Waals surface area contributed by atoms with Gasteiger partial charge < -0.3 is 5.11 Å². The van der Waals surface area contributed by atoms with Crippen LogP contribution in [0.5, 0.6) is 0 Å². The molecular weight excluding hydrogens is 297 g/mol. The smallest absolute Gasteiger partial charge is 0.356 e. The lowest BCUT2D eigenvalue weighted by atomic mass is 10.2. The standard InChI is InChI=1S/C10H5Cl2N3O4/c11-5-3-8(9(15(18)19)4-6(5)12)14-2-1-7(13-14)10(16)17/h1-4H,(H,16,17). The Balaban J connectivity index is 2.62. The van der Waals surface area contributed by atoms with Crippen LogP contribution in [0, 0.1) is 10.1 Å². The maximum absolute atomic E-state index is 10.9. The van der Waals surface area contributed by atoms with E-state index in [1.54, 1.807) is 0 Å². The number of aromatic carboxylic acids is 1. The highest BCUT2D eigenvalue weighted by Gasteiger charge is 2.20. The Hall–Kier alpha value is -2.12. The van der Waals surface area contributed by atoms with Crippen LogP contribution in [0.1, 0.15) is 10.5 Å². The van der Waals surface area contributed by atoms with Crippen molar-refractivity contribution in [3.8, 4) is 5.69 Å². The topological polar surface area (TPSA) is 98.3 Å². The van der Waals surface area contributed by atoms with E-state index < -0.39 is 10.9 Å². The highest BCUT2D eigenvalue weighted by Crippen LogP contribution is 2.32. The summed E-state index contributed by atoms with van der Waals surface area (Å²) in [6.07, 6.45) is 1.29. The lowest BCUT2D eigenvalue weighted by molar-refractivity contribution is -0.384. The molecule has 0 atom stereocenters. The maximum atomic E-state index is 10.9. The largest absolute Gasteiger partial charge is 0.476 e. The van der Waals surface area contributed by atoms with Crippen molar-refractivity contribution in [3.05, 3.63) is 50.2 Å². The Morgan fingerprint density at radius 3 is 2.53 bits per heavy atom. The molecule has 0 spiro atoms. The third-order valence-corrected chi connectivity index (χ3v) is 2.99. The van der Waals surface area contributed by atoms with E-state index >= 15 is 0 Å². The third-order valence-electron chi connectivity index (χ3n) is 2.27. The summed E-state index contributed by atoms with van der Waals surface area (Å²) in [5.74, 6) is -1.23. The molecule has 9 heteroatoms. The van der Waals surface area contributed by atoms with E-state index in [0.717, 1.165) is 10.7 Å². The number of aromatic nitrogens is 2. The number of nitro groups is 1. The van der Waals surface area contributed by atoms with Gasteiger partial charge >= 0.3 is 5.97 Å². The van der Waals surface area contributed by atoms with Crippen LogP contribution in [0.15, 0.2) is 24.4 Å². The molecule has 1 aromatic carbocycles. The molecule has 2 aromatic rings. The second-order valence-corrected chi connectivity index (χ2v) is 4.28. The van der Waals surface area contributed by atoms with Gasteiger partial charge in [0.25, 0.3) is 5.69 Å². The van der Waals surface area contributed by atoms with Gasteiger partial charge in [-0.05, 0) is 12.1 Å². The van der Waals surface area contributed by atoms with Crippen molar-refractivity contribution in [1.82, 2.24) is 9.78 Å². The number of hydrogen-bond donors (Lipinski definition) is 1. The summed E-state index contributed by atoms with van der Waals surface area (Å²) in [6.45, 7) is 0. The number of carboxylic acid groups (broad SMARTS) is 1. The molecule has 2 rings (SSSR count). The van der Waals surface area contributed by atoms with Crippen LogP contribution in [0.4, 0.5) is 5.69 Å². The second kappa shape index (κ2) is 4.87. The SMILES string of the molecule is O=C(O)c1ccn(-c2cc(Cl)c(Cl)cc2[N+](=O)[O-])n1. The molecule has 0 bridgehead atoms. The molecule has 0 radical (unpaired) electrons. The number of halogens is 2. The van der Waals surface area contributed by atoms with Crippen LogP contribution in [-0.4, -0.2) is 25.8 Å². The van der Waals surface area contributed by atoms with E-state index in [4.69, 9.17) is 28.3 Å². The monoisotopic (exact) mass is 301 g/mol. The van der Waals surface area contributed by atoms with Crippen LogP contribution in [0.3, 0.4) is 0 Å². The van der Waals surface area contributed by atoms with E-state index in [-0.39, 0.29) is 27.1 Å². The summed E-state index contributed by atoms with van der Waals surface area (Å²) in [7, 11) is 0. The summed E-state index contributed by atoms with van der Waals surface area (Å²) >= 11 is 11.5. The van der Waals surface area contributed by atoms with E-state index in [1.807, 2.05) is 0 Å². The van der Waals surface area contributed by atoms with Gasteiger partial charge in [0, 0.05) is 12.3 Å². The Kier molecular flexibility index (Phi) is 3.41. The van der Waals surface area contributed by atoms with Crippen molar-refractivity contribution >= 4 is 34.9 Å². The molecule has 0 fully saturated rings. The fourth-order valence-electron chi connectivity index (χ4n) is 1.43. The van der Waals surface area contributed by atoms with E-state index in [0.29, 0.717) is 0 Å². The van der Waals surface area contributed by atoms with Crippen molar-refractivity contribution in [1.29, 1.82) is 0 Å². The zero-order valence-electron chi connectivity index (χ0n) is 9.08. The highest BCUT2D eigenvalue weighted by atomic mass is 35.5. The van der Waals surface area contributed by atoms with Crippen molar-refractivity contribution in [2.24, 2.45) is 0 Å². The number of hydrogen-bond acceptors (Lipinski definition) is 4. The number of carboxylic acids is 1. The van der Waals surface area contributed by atoms with Gasteiger partial charge in [0.2, 0.25) is 0 Å². The summed E-state index contributed by atoms with van der Waals surface area (Å²) in [4.78, 5) is 21.0. The van der Waals surface area contributed by atoms with Gasteiger partial charge in [0.1, 0.15) is 5.69 Å². The maximum Gasteiger partial charge on any atom is 0.356 e.